The predicted octanol–water partition coefficient (Wildman–Crippen LogP) is 4.17. The van der Waals surface area contributed by atoms with Crippen molar-refractivity contribution in [1.82, 2.24) is 9.97 Å². The number of ether oxygens (including phenoxy) is 1. The lowest BCUT2D eigenvalue weighted by molar-refractivity contribution is 0.416. The Labute approximate surface area is 147 Å². The topological polar surface area (TPSA) is 85.1 Å². The second-order valence-electron chi connectivity index (χ2n) is 5.80. The SMILES string of the molecule is COc1ccc(C)cc1Nc1ncnc(Nc2ccc(C)cc2)c1N. The fourth-order valence-electron chi connectivity index (χ4n) is 2.42. The van der Waals surface area contributed by atoms with Crippen LogP contribution in [0.1, 0.15) is 11.1 Å². The average Bonchev–Trinajstić information content (AvgIpc) is 2.60. The van der Waals surface area contributed by atoms with E-state index in [0.29, 0.717) is 17.3 Å². The monoisotopic (exact) mass is 335 g/mol. The summed E-state index contributed by atoms with van der Waals surface area (Å²) in [5.74, 6) is 1.79. The lowest BCUT2D eigenvalue weighted by Crippen LogP contribution is -2.06. The number of hydrogen-bond donors (Lipinski definition) is 3. The largest absolute Gasteiger partial charge is 0.495 e. The molecular formula is C19H21N5O. The summed E-state index contributed by atoms with van der Waals surface area (Å²) in [4.78, 5) is 8.49. The number of nitrogens with zero attached hydrogens (tertiary/aromatic N) is 2. The van der Waals surface area contributed by atoms with Crippen molar-refractivity contribution >= 4 is 28.7 Å². The van der Waals surface area contributed by atoms with E-state index in [2.05, 4.69) is 20.6 Å². The van der Waals surface area contributed by atoms with Crippen molar-refractivity contribution in [2.24, 2.45) is 0 Å². The van der Waals surface area contributed by atoms with E-state index in [-0.39, 0.29) is 0 Å². The Kier molecular flexibility index (Phi) is 4.70. The van der Waals surface area contributed by atoms with Crippen LogP contribution in [0.25, 0.3) is 0 Å². The zero-order valence-corrected chi connectivity index (χ0v) is 14.5. The number of anilines is 5. The van der Waals surface area contributed by atoms with E-state index >= 15 is 0 Å². The Bertz CT molecular complexity index is 877. The van der Waals surface area contributed by atoms with Crippen LogP contribution in [-0.2, 0) is 0 Å². The molecule has 2 aromatic carbocycles. The molecule has 25 heavy (non-hydrogen) atoms. The van der Waals surface area contributed by atoms with Crippen molar-refractivity contribution < 1.29 is 4.74 Å². The molecule has 1 heterocycles. The van der Waals surface area contributed by atoms with Crippen molar-refractivity contribution in [3.8, 4) is 5.75 Å². The summed E-state index contributed by atoms with van der Waals surface area (Å²) >= 11 is 0. The number of nitrogen functional groups attached to an aromatic ring is 1. The molecule has 0 saturated carbocycles. The first-order valence-electron chi connectivity index (χ1n) is 7.92. The number of hydrogen-bond acceptors (Lipinski definition) is 6. The van der Waals surface area contributed by atoms with Crippen LogP contribution in [0, 0.1) is 13.8 Å². The number of methoxy groups -OCH3 is 1. The second-order valence-corrected chi connectivity index (χ2v) is 5.80. The summed E-state index contributed by atoms with van der Waals surface area (Å²) in [6.45, 7) is 4.05. The van der Waals surface area contributed by atoms with Crippen LogP contribution in [0.2, 0.25) is 0 Å². The zero-order valence-electron chi connectivity index (χ0n) is 14.5. The average molecular weight is 335 g/mol. The molecule has 0 radical (unpaired) electrons. The standard InChI is InChI=1S/C19H21N5O/c1-12-4-7-14(8-5-12)23-18-17(20)19(22-11-21-18)24-15-10-13(2)6-9-16(15)25-3/h4-11H,20H2,1-3H3,(H2,21,22,23,24). The van der Waals surface area contributed by atoms with Crippen LogP contribution < -0.4 is 21.1 Å². The van der Waals surface area contributed by atoms with Crippen molar-refractivity contribution in [2.75, 3.05) is 23.5 Å². The molecule has 3 rings (SSSR count). The number of nitrogens with one attached hydrogen (secondary N) is 2. The van der Waals surface area contributed by atoms with Gasteiger partial charge in [-0.2, -0.15) is 0 Å². The van der Waals surface area contributed by atoms with Gasteiger partial charge in [0.25, 0.3) is 0 Å². The quantitative estimate of drug-likeness (QED) is 0.649. The Morgan fingerprint density at radius 2 is 1.52 bits per heavy atom. The van der Waals surface area contributed by atoms with E-state index < -0.39 is 0 Å². The number of aryl methyl sites for hydroxylation is 2. The summed E-state index contributed by atoms with van der Waals surface area (Å²) in [5, 5.41) is 6.44. The second kappa shape index (κ2) is 7.09. The van der Waals surface area contributed by atoms with E-state index in [1.807, 2.05) is 56.3 Å². The van der Waals surface area contributed by atoms with Gasteiger partial charge in [-0.25, -0.2) is 9.97 Å². The fraction of sp³-hybridized carbons (Fsp3) is 0.158. The number of benzene rings is 2. The van der Waals surface area contributed by atoms with Crippen molar-refractivity contribution in [3.63, 3.8) is 0 Å². The molecule has 0 aliphatic rings. The molecule has 3 aromatic rings. The van der Waals surface area contributed by atoms with E-state index in [4.69, 9.17) is 10.5 Å². The smallest absolute Gasteiger partial charge is 0.159 e. The molecule has 0 fully saturated rings. The summed E-state index contributed by atoms with van der Waals surface area (Å²) in [7, 11) is 1.63. The van der Waals surface area contributed by atoms with Gasteiger partial charge in [0.2, 0.25) is 0 Å². The van der Waals surface area contributed by atoms with Gasteiger partial charge in [-0.3, -0.25) is 0 Å². The molecule has 0 bridgehead atoms. The maximum Gasteiger partial charge on any atom is 0.159 e. The fourth-order valence-corrected chi connectivity index (χ4v) is 2.42. The van der Waals surface area contributed by atoms with Gasteiger partial charge in [-0.1, -0.05) is 23.8 Å². The van der Waals surface area contributed by atoms with Crippen LogP contribution in [-0.4, -0.2) is 17.1 Å². The third-order valence-electron chi connectivity index (χ3n) is 3.81. The molecule has 1 aromatic heterocycles. The first-order chi connectivity index (χ1) is 12.1. The number of aromatic nitrogens is 2. The molecule has 0 amide bonds. The molecule has 4 N–H and O–H groups in total. The van der Waals surface area contributed by atoms with Crippen LogP contribution >= 0.6 is 0 Å². The highest BCUT2D eigenvalue weighted by molar-refractivity contribution is 5.81. The van der Waals surface area contributed by atoms with Gasteiger partial charge in [0, 0.05) is 5.69 Å². The zero-order chi connectivity index (χ0) is 17.8. The predicted molar refractivity (Wildman–Crippen MR) is 102 cm³/mol. The Morgan fingerprint density at radius 1 is 0.880 bits per heavy atom. The summed E-state index contributed by atoms with van der Waals surface area (Å²) < 4.78 is 5.39. The minimum Gasteiger partial charge on any atom is -0.495 e. The first kappa shape index (κ1) is 16.6. The van der Waals surface area contributed by atoms with Crippen LogP contribution in [0.4, 0.5) is 28.7 Å². The van der Waals surface area contributed by atoms with Crippen LogP contribution in [0.5, 0.6) is 5.75 Å². The molecular weight excluding hydrogens is 314 g/mol. The molecule has 0 aliphatic heterocycles. The van der Waals surface area contributed by atoms with Crippen LogP contribution in [0.15, 0.2) is 48.8 Å². The minimum atomic E-state index is 0.437. The number of rotatable bonds is 5. The summed E-state index contributed by atoms with van der Waals surface area (Å²) in [5.41, 5.74) is 10.7. The Balaban J connectivity index is 1.88. The Hall–Kier alpha value is -3.28. The highest BCUT2D eigenvalue weighted by Crippen LogP contribution is 2.32. The van der Waals surface area contributed by atoms with E-state index in [1.165, 1.54) is 11.9 Å². The third-order valence-corrected chi connectivity index (χ3v) is 3.81. The van der Waals surface area contributed by atoms with E-state index in [0.717, 1.165) is 22.7 Å². The van der Waals surface area contributed by atoms with Gasteiger partial charge in [0.1, 0.15) is 17.8 Å². The van der Waals surface area contributed by atoms with Crippen molar-refractivity contribution in [3.05, 3.63) is 59.9 Å². The van der Waals surface area contributed by atoms with E-state index in [1.54, 1.807) is 7.11 Å². The lowest BCUT2D eigenvalue weighted by atomic mass is 10.2. The normalized spacial score (nSPS) is 10.4. The highest BCUT2D eigenvalue weighted by atomic mass is 16.5. The molecule has 0 aliphatic carbocycles. The molecule has 6 nitrogen and oxygen atoms in total. The highest BCUT2D eigenvalue weighted by Gasteiger charge is 2.11. The molecule has 0 saturated heterocycles. The molecule has 0 atom stereocenters. The molecule has 128 valence electrons. The summed E-state index contributed by atoms with van der Waals surface area (Å²) in [6.07, 6.45) is 1.47. The minimum absolute atomic E-state index is 0.437. The van der Waals surface area contributed by atoms with Crippen molar-refractivity contribution in [1.29, 1.82) is 0 Å². The molecule has 0 spiro atoms. The van der Waals surface area contributed by atoms with Gasteiger partial charge in [-0.15, -0.1) is 0 Å². The van der Waals surface area contributed by atoms with Crippen molar-refractivity contribution in [2.45, 2.75) is 13.8 Å². The maximum absolute atomic E-state index is 6.25. The van der Waals surface area contributed by atoms with Gasteiger partial charge in [0.15, 0.2) is 11.6 Å². The van der Waals surface area contributed by atoms with Crippen LogP contribution in [0.3, 0.4) is 0 Å². The van der Waals surface area contributed by atoms with Gasteiger partial charge >= 0.3 is 0 Å². The third kappa shape index (κ3) is 3.80. The molecule has 6 heteroatoms. The first-order valence-corrected chi connectivity index (χ1v) is 7.92. The van der Waals surface area contributed by atoms with E-state index in [9.17, 15) is 0 Å². The van der Waals surface area contributed by atoms with Gasteiger partial charge in [-0.05, 0) is 43.7 Å². The maximum atomic E-state index is 6.25. The summed E-state index contributed by atoms with van der Waals surface area (Å²) in [6, 6.07) is 13.9. The lowest BCUT2D eigenvalue weighted by Gasteiger charge is -2.15. The Morgan fingerprint density at radius 3 is 2.20 bits per heavy atom. The molecule has 0 unspecified atom stereocenters. The number of nitrogens with two attached hydrogens (primary N) is 1. The van der Waals surface area contributed by atoms with Gasteiger partial charge in [0.05, 0.1) is 12.8 Å². The van der Waals surface area contributed by atoms with Gasteiger partial charge < -0.3 is 21.1 Å².